The molecule has 0 aliphatic carbocycles. The highest BCUT2D eigenvalue weighted by Gasteiger charge is 1.96. The molecule has 4 nitrogen and oxygen atoms in total. The first-order chi connectivity index (χ1) is 7.76. The molecule has 0 saturated carbocycles. The molecule has 3 N–H and O–H groups in total. The van der Waals surface area contributed by atoms with Gasteiger partial charge in [0.1, 0.15) is 11.6 Å². The summed E-state index contributed by atoms with van der Waals surface area (Å²) in [5.41, 5.74) is 5.33. The van der Waals surface area contributed by atoms with Gasteiger partial charge in [0.25, 0.3) is 0 Å². The topological polar surface area (TPSA) is 67.8 Å². The predicted molar refractivity (Wildman–Crippen MR) is 66.4 cm³/mol. The molecule has 0 aliphatic heterocycles. The summed E-state index contributed by atoms with van der Waals surface area (Å²) in [6.45, 7) is 0.564. The molecule has 5 heteroatoms. The van der Waals surface area contributed by atoms with Gasteiger partial charge in [-0.2, -0.15) is 0 Å². The second kappa shape index (κ2) is 7.00. The minimum absolute atomic E-state index is 0.237. The highest BCUT2D eigenvalue weighted by molar-refractivity contribution is 7.98. The average Bonchev–Trinajstić information content (AvgIpc) is 2.35. The molecule has 0 amide bonds. The van der Waals surface area contributed by atoms with Gasteiger partial charge in [-0.1, -0.05) is 5.16 Å². The third-order valence-electron chi connectivity index (χ3n) is 2.03. The normalized spacial score (nSPS) is 11.4. The van der Waals surface area contributed by atoms with Crippen molar-refractivity contribution in [2.24, 2.45) is 10.9 Å². The Balaban J connectivity index is 2.26. The summed E-state index contributed by atoms with van der Waals surface area (Å²) in [7, 11) is 0. The van der Waals surface area contributed by atoms with Crippen molar-refractivity contribution in [3.63, 3.8) is 0 Å². The van der Waals surface area contributed by atoms with E-state index in [0.29, 0.717) is 13.0 Å². The Morgan fingerprint density at radius 1 is 1.44 bits per heavy atom. The lowest BCUT2D eigenvalue weighted by Gasteiger charge is -2.06. The lowest BCUT2D eigenvalue weighted by atomic mass is 10.3. The summed E-state index contributed by atoms with van der Waals surface area (Å²) in [6.07, 6.45) is 3.31. The molecule has 0 heterocycles. The van der Waals surface area contributed by atoms with Gasteiger partial charge in [-0.15, -0.1) is 11.8 Å². The Labute approximate surface area is 99.5 Å². The zero-order valence-corrected chi connectivity index (χ0v) is 10.0. The molecule has 0 saturated heterocycles. The van der Waals surface area contributed by atoms with Crippen molar-refractivity contribution >= 4 is 17.6 Å². The van der Waals surface area contributed by atoms with Crippen LogP contribution < -0.4 is 10.5 Å². The van der Waals surface area contributed by atoms with Crippen LogP contribution in [0, 0.1) is 0 Å². The van der Waals surface area contributed by atoms with Crippen molar-refractivity contribution in [2.75, 3.05) is 12.9 Å². The van der Waals surface area contributed by atoms with Crippen molar-refractivity contribution in [1.29, 1.82) is 0 Å². The van der Waals surface area contributed by atoms with Crippen molar-refractivity contribution in [3.05, 3.63) is 24.3 Å². The number of nitrogens with two attached hydrogens (primary N) is 1. The number of thioether (sulfide) groups is 1. The molecular formula is C11H16N2O2S. The van der Waals surface area contributed by atoms with Gasteiger partial charge < -0.3 is 15.7 Å². The third-order valence-corrected chi connectivity index (χ3v) is 2.78. The molecule has 0 radical (unpaired) electrons. The Kier molecular flexibility index (Phi) is 5.56. The molecule has 0 aromatic heterocycles. The zero-order chi connectivity index (χ0) is 11.8. The minimum atomic E-state index is 0.237. The van der Waals surface area contributed by atoms with E-state index in [-0.39, 0.29) is 5.84 Å². The van der Waals surface area contributed by atoms with Gasteiger partial charge >= 0.3 is 0 Å². The van der Waals surface area contributed by atoms with Crippen LogP contribution in [-0.4, -0.2) is 23.9 Å². The largest absolute Gasteiger partial charge is 0.494 e. The minimum Gasteiger partial charge on any atom is -0.494 e. The van der Waals surface area contributed by atoms with Crippen LogP contribution in [0.25, 0.3) is 0 Å². The third kappa shape index (κ3) is 4.44. The Morgan fingerprint density at radius 3 is 2.69 bits per heavy atom. The van der Waals surface area contributed by atoms with Gasteiger partial charge in [0.2, 0.25) is 0 Å². The number of nitrogens with zero attached hydrogens (tertiary/aromatic N) is 1. The fourth-order valence-electron chi connectivity index (χ4n) is 1.17. The average molecular weight is 240 g/mol. The fourth-order valence-corrected chi connectivity index (χ4v) is 1.57. The quantitative estimate of drug-likeness (QED) is 0.200. The summed E-state index contributed by atoms with van der Waals surface area (Å²) in [5, 5.41) is 11.2. The van der Waals surface area contributed by atoms with Crippen molar-refractivity contribution in [1.82, 2.24) is 0 Å². The molecule has 16 heavy (non-hydrogen) atoms. The lowest BCUT2D eigenvalue weighted by Crippen LogP contribution is -2.12. The second-order valence-corrected chi connectivity index (χ2v) is 4.10. The molecule has 1 aromatic rings. The van der Waals surface area contributed by atoms with Crippen LogP contribution in [0.3, 0.4) is 0 Å². The van der Waals surface area contributed by atoms with E-state index in [4.69, 9.17) is 15.7 Å². The molecule has 1 aromatic carbocycles. The van der Waals surface area contributed by atoms with Crippen LogP contribution in [0.1, 0.15) is 12.8 Å². The van der Waals surface area contributed by atoms with Crippen LogP contribution in [0.15, 0.2) is 34.3 Å². The van der Waals surface area contributed by atoms with Crippen LogP contribution in [0.4, 0.5) is 0 Å². The highest BCUT2D eigenvalue weighted by atomic mass is 32.2. The van der Waals surface area contributed by atoms with Gasteiger partial charge in [0, 0.05) is 11.3 Å². The first kappa shape index (κ1) is 12.7. The molecule has 0 spiro atoms. The molecular weight excluding hydrogens is 224 g/mol. The van der Waals surface area contributed by atoms with E-state index in [1.807, 2.05) is 30.5 Å². The van der Waals surface area contributed by atoms with Crippen LogP contribution in [0.2, 0.25) is 0 Å². The number of benzene rings is 1. The fraction of sp³-hybridized carbons (Fsp3) is 0.364. The monoisotopic (exact) mass is 240 g/mol. The zero-order valence-electron chi connectivity index (χ0n) is 9.22. The first-order valence-electron chi connectivity index (χ1n) is 4.99. The van der Waals surface area contributed by atoms with Gasteiger partial charge in [-0.25, -0.2) is 0 Å². The molecule has 1 rings (SSSR count). The Bertz CT molecular complexity index is 338. The van der Waals surface area contributed by atoms with E-state index < -0.39 is 0 Å². The molecule has 0 fully saturated rings. The summed E-state index contributed by atoms with van der Waals surface area (Å²) in [6, 6.07) is 7.91. The first-order valence-corrected chi connectivity index (χ1v) is 6.22. The number of hydrogen-bond donors (Lipinski definition) is 2. The summed E-state index contributed by atoms with van der Waals surface area (Å²) >= 11 is 1.70. The Morgan fingerprint density at radius 2 is 2.12 bits per heavy atom. The number of rotatable bonds is 6. The maximum atomic E-state index is 8.33. The Hall–Kier alpha value is -1.36. The number of oxime groups is 1. The summed E-state index contributed by atoms with van der Waals surface area (Å²) in [5.74, 6) is 1.08. The van der Waals surface area contributed by atoms with Crippen molar-refractivity contribution in [2.45, 2.75) is 17.7 Å². The molecule has 0 atom stereocenters. The van der Waals surface area contributed by atoms with Gasteiger partial charge in [-0.3, -0.25) is 0 Å². The van der Waals surface area contributed by atoms with E-state index in [2.05, 4.69) is 5.16 Å². The van der Waals surface area contributed by atoms with E-state index >= 15 is 0 Å². The van der Waals surface area contributed by atoms with E-state index in [1.165, 1.54) is 4.90 Å². The van der Waals surface area contributed by atoms with E-state index in [1.54, 1.807) is 11.8 Å². The maximum absolute atomic E-state index is 8.33. The van der Waals surface area contributed by atoms with E-state index in [9.17, 15) is 0 Å². The van der Waals surface area contributed by atoms with Crippen molar-refractivity contribution in [3.8, 4) is 5.75 Å². The standard InChI is InChI=1S/C11H16N2O2S/c1-16-10-6-4-9(5-7-10)15-8-2-3-11(12)13-14/h4-7,14H,2-3,8H2,1H3,(H2,12,13). The highest BCUT2D eigenvalue weighted by Crippen LogP contribution is 2.18. The van der Waals surface area contributed by atoms with Crippen LogP contribution in [-0.2, 0) is 0 Å². The molecule has 0 unspecified atom stereocenters. The van der Waals surface area contributed by atoms with Crippen LogP contribution in [0.5, 0.6) is 5.75 Å². The molecule has 0 bridgehead atoms. The second-order valence-electron chi connectivity index (χ2n) is 3.22. The van der Waals surface area contributed by atoms with Gasteiger partial charge in [-0.05, 0) is 36.9 Å². The smallest absolute Gasteiger partial charge is 0.139 e. The summed E-state index contributed by atoms with van der Waals surface area (Å²) in [4.78, 5) is 1.21. The van der Waals surface area contributed by atoms with Crippen molar-refractivity contribution < 1.29 is 9.94 Å². The maximum Gasteiger partial charge on any atom is 0.139 e. The number of ether oxygens (including phenoxy) is 1. The van der Waals surface area contributed by atoms with Gasteiger partial charge in [0.15, 0.2) is 0 Å². The number of hydrogen-bond acceptors (Lipinski definition) is 4. The summed E-state index contributed by atoms with van der Waals surface area (Å²) < 4.78 is 5.50. The SMILES string of the molecule is CSc1ccc(OCCCC(N)=NO)cc1. The van der Waals surface area contributed by atoms with Crippen LogP contribution >= 0.6 is 11.8 Å². The van der Waals surface area contributed by atoms with E-state index in [0.717, 1.165) is 12.2 Å². The van der Waals surface area contributed by atoms with Gasteiger partial charge in [0.05, 0.1) is 6.61 Å². The lowest BCUT2D eigenvalue weighted by molar-refractivity contribution is 0.305. The molecule has 0 aliphatic rings. The number of amidine groups is 1. The molecule has 88 valence electrons. The predicted octanol–water partition coefficient (Wildman–Crippen LogP) is 2.31.